The summed E-state index contributed by atoms with van der Waals surface area (Å²) >= 11 is 0. The monoisotopic (exact) mass is 209 g/mol. The van der Waals surface area contributed by atoms with Gasteiger partial charge in [-0.05, 0) is 19.4 Å². The molecule has 2 N–H and O–H groups in total. The van der Waals surface area contributed by atoms with Crippen LogP contribution < -0.4 is 16.2 Å². The highest BCUT2D eigenvalue weighted by Crippen LogP contribution is 2.34. The molecule has 1 aromatic rings. The lowest BCUT2D eigenvalue weighted by atomic mass is 10.3. The third-order valence-electron chi connectivity index (χ3n) is 2.53. The van der Waals surface area contributed by atoms with Gasteiger partial charge in [0.25, 0.3) is 0 Å². The molecule has 0 spiro atoms. The molecule has 0 aromatic carbocycles. The molecule has 0 unspecified atom stereocenters. The molecule has 1 aliphatic carbocycles. The highest BCUT2D eigenvalue weighted by Gasteiger charge is 2.27. The van der Waals surface area contributed by atoms with Gasteiger partial charge in [-0.15, -0.1) is 0 Å². The summed E-state index contributed by atoms with van der Waals surface area (Å²) in [6.07, 6.45) is 2.81. The molecule has 82 valence electrons. The second-order valence-corrected chi connectivity index (χ2v) is 3.71. The summed E-state index contributed by atoms with van der Waals surface area (Å²) in [5, 5.41) is 0. The molecule has 1 fully saturated rings. The van der Waals surface area contributed by atoms with Crippen molar-refractivity contribution in [3.63, 3.8) is 0 Å². The van der Waals surface area contributed by atoms with Crippen molar-refractivity contribution in [2.75, 3.05) is 13.7 Å². The van der Waals surface area contributed by atoms with E-state index >= 15 is 0 Å². The summed E-state index contributed by atoms with van der Waals surface area (Å²) in [6, 6.07) is 2.13. The fraction of sp³-hybridized carbons (Fsp3) is 0.600. The quantitative estimate of drug-likeness (QED) is 0.762. The zero-order valence-corrected chi connectivity index (χ0v) is 8.77. The second-order valence-electron chi connectivity index (χ2n) is 3.71. The molecule has 2 rings (SSSR count). The van der Waals surface area contributed by atoms with Crippen LogP contribution in [0.4, 0.5) is 0 Å². The van der Waals surface area contributed by atoms with Crippen LogP contribution in [0.2, 0.25) is 0 Å². The molecule has 0 radical (unpaired) electrons. The van der Waals surface area contributed by atoms with Crippen LogP contribution in [-0.4, -0.2) is 23.2 Å². The number of hydrogen-bond acceptors (Lipinski definition) is 4. The molecule has 0 atom stereocenters. The summed E-state index contributed by atoms with van der Waals surface area (Å²) in [5.41, 5.74) is 6.22. The molecule has 15 heavy (non-hydrogen) atoms. The first-order chi connectivity index (χ1) is 7.26. The van der Waals surface area contributed by atoms with Crippen molar-refractivity contribution in [2.45, 2.75) is 25.3 Å². The Labute approximate surface area is 87.9 Å². The number of aromatic nitrogens is 2. The van der Waals surface area contributed by atoms with E-state index in [1.54, 1.807) is 10.6 Å². The van der Waals surface area contributed by atoms with Gasteiger partial charge in [-0.2, -0.15) is 4.98 Å². The topological polar surface area (TPSA) is 70.1 Å². The number of hydrogen-bond donors (Lipinski definition) is 1. The summed E-state index contributed by atoms with van der Waals surface area (Å²) in [4.78, 5) is 15.5. The minimum Gasteiger partial charge on any atom is -0.481 e. The molecule has 0 aliphatic heterocycles. The molecule has 1 saturated carbocycles. The Bertz CT molecular complexity index is 410. The molecule has 1 aromatic heterocycles. The fourth-order valence-corrected chi connectivity index (χ4v) is 1.68. The molecular formula is C10H15N3O2. The zero-order chi connectivity index (χ0) is 10.8. The SMILES string of the molecule is COc1cc(CCN)n(C2CC2)c(=O)n1. The molecule has 0 saturated heterocycles. The van der Waals surface area contributed by atoms with E-state index in [1.165, 1.54) is 7.11 Å². The van der Waals surface area contributed by atoms with E-state index < -0.39 is 0 Å². The minimum absolute atomic E-state index is 0.222. The van der Waals surface area contributed by atoms with Crippen molar-refractivity contribution in [1.29, 1.82) is 0 Å². The Hall–Kier alpha value is -1.36. The van der Waals surface area contributed by atoms with Crippen LogP contribution in [0.5, 0.6) is 5.88 Å². The molecule has 1 heterocycles. The van der Waals surface area contributed by atoms with Crippen LogP contribution in [0, 0.1) is 0 Å². The van der Waals surface area contributed by atoms with Gasteiger partial charge in [-0.25, -0.2) is 4.79 Å². The number of ether oxygens (including phenoxy) is 1. The van der Waals surface area contributed by atoms with Crippen molar-refractivity contribution in [2.24, 2.45) is 5.73 Å². The summed E-state index contributed by atoms with van der Waals surface area (Å²) in [5.74, 6) is 0.375. The fourth-order valence-electron chi connectivity index (χ4n) is 1.68. The molecule has 0 amide bonds. The highest BCUT2D eigenvalue weighted by atomic mass is 16.5. The lowest BCUT2D eigenvalue weighted by molar-refractivity contribution is 0.390. The van der Waals surface area contributed by atoms with Crippen molar-refractivity contribution < 1.29 is 4.74 Å². The van der Waals surface area contributed by atoms with Gasteiger partial charge in [0.2, 0.25) is 5.88 Å². The van der Waals surface area contributed by atoms with Crippen LogP contribution in [0.1, 0.15) is 24.6 Å². The summed E-state index contributed by atoms with van der Waals surface area (Å²) in [7, 11) is 1.51. The predicted molar refractivity (Wildman–Crippen MR) is 56.1 cm³/mol. The number of nitrogens with zero attached hydrogens (tertiary/aromatic N) is 2. The predicted octanol–water partition coefficient (Wildman–Crippen LogP) is 0.0880. The first-order valence-corrected chi connectivity index (χ1v) is 5.12. The van der Waals surface area contributed by atoms with Gasteiger partial charge >= 0.3 is 5.69 Å². The van der Waals surface area contributed by atoms with E-state index in [9.17, 15) is 4.79 Å². The Kier molecular flexibility index (Phi) is 2.73. The molecule has 1 aliphatic rings. The largest absolute Gasteiger partial charge is 0.481 e. The molecule has 5 heteroatoms. The number of rotatable bonds is 4. The van der Waals surface area contributed by atoms with Gasteiger partial charge in [-0.3, -0.25) is 4.57 Å². The third-order valence-corrected chi connectivity index (χ3v) is 2.53. The van der Waals surface area contributed by atoms with Crippen LogP contribution in [-0.2, 0) is 6.42 Å². The lowest BCUT2D eigenvalue weighted by Gasteiger charge is -2.11. The molecular weight excluding hydrogens is 194 g/mol. The van der Waals surface area contributed by atoms with Gasteiger partial charge in [-0.1, -0.05) is 0 Å². The van der Waals surface area contributed by atoms with Crippen molar-refractivity contribution in [3.8, 4) is 5.88 Å². The maximum absolute atomic E-state index is 11.7. The average molecular weight is 209 g/mol. The summed E-state index contributed by atoms with van der Waals surface area (Å²) < 4.78 is 6.72. The second kappa shape index (κ2) is 4.02. The van der Waals surface area contributed by atoms with E-state index in [0.717, 1.165) is 18.5 Å². The number of nitrogens with two attached hydrogens (primary N) is 1. The van der Waals surface area contributed by atoms with E-state index in [2.05, 4.69) is 4.98 Å². The Balaban J connectivity index is 2.45. The van der Waals surface area contributed by atoms with Gasteiger partial charge in [0.1, 0.15) is 0 Å². The summed E-state index contributed by atoms with van der Waals surface area (Å²) in [6.45, 7) is 0.527. The zero-order valence-electron chi connectivity index (χ0n) is 8.77. The van der Waals surface area contributed by atoms with Crippen molar-refractivity contribution >= 4 is 0 Å². The van der Waals surface area contributed by atoms with E-state index in [4.69, 9.17) is 10.5 Å². The average Bonchev–Trinajstić information content (AvgIpc) is 3.01. The standard InChI is InChI=1S/C10H15N3O2/c1-15-9-6-8(4-5-11)13(7-2-3-7)10(14)12-9/h6-7H,2-5,11H2,1H3. The van der Waals surface area contributed by atoms with Gasteiger partial charge in [0.15, 0.2) is 0 Å². The van der Waals surface area contributed by atoms with Crippen LogP contribution in [0.3, 0.4) is 0 Å². The smallest absolute Gasteiger partial charge is 0.351 e. The van der Waals surface area contributed by atoms with Crippen molar-refractivity contribution in [3.05, 3.63) is 22.2 Å². The Morgan fingerprint density at radius 1 is 1.67 bits per heavy atom. The maximum Gasteiger partial charge on any atom is 0.351 e. The minimum atomic E-state index is -0.222. The highest BCUT2D eigenvalue weighted by molar-refractivity contribution is 5.17. The maximum atomic E-state index is 11.7. The van der Waals surface area contributed by atoms with Crippen LogP contribution in [0.25, 0.3) is 0 Å². The van der Waals surface area contributed by atoms with Crippen LogP contribution in [0.15, 0.2) is 10.9 Å². The van der Waals surface area contributed by atoms with E-state index in [1.807, 2.05) is 0 Å². The first-order valence-electron chi connectivity index (χ1n) is 5.12. The normalized spacial score (nSPS) is 15.3. The van der Waals surface area contributed by atoms with E-state index in [0.29, 0.717) is 24.9 Å². The van der Waals surface area contributed by atoms with Crippen LogP contribution >= 0.6 is 0 Å². The van der Waals surface area contributed by atoms with Gasteiger partial charge in [0.05, 0.1) is 7.11 Å². The third kappa shape index (κ3) is 2.02. The van der Waals surface area contributed by atoms with Crippen molar-refractivity contribution in [1.82, 2.24) is 9.55 Å². The van der Waals surface area contributed by atoms with Gasteiger partial charge in [0, 0.05) is 24.2 Å². The van der Waals surface area contributed by atoms with Gasteiger partial charge < -0.3 is 10.5 Å². The lowest BCUT2D eigenvalue weighted by Crippen LogP contribution is -2.26. The van der Waals surface area contributed by atoms with E-state index in [-0.39, 0.29) is 5.69 Å². The number of methoxy groups -OCH3 is 1. The Morgan fingerprint density at radius 2 is 2.40 bits per heavy atom. The molecule has 0 bridgehead atoms. The Morgan fingerprint density at radius 3 is 2.93 bits per heavy atom. The first kappa shape index (κ1) is 10.2. The molecule has 5 nitrogen and oxygen atoms in total.